The number of benzene rings is 2. The van der Waals surface area contributed by atoms with Crippen LogP contribution in [0.5, 0.6) is 23.0 Å². The van der Waals surface area contributed by atoms with Gasteiger partial charge in [-0.3, -0.25) is 4.90 Å². The molecule has 2 N–H and O–H groups in total. The van der Waals surface area contributed by atoms with E-state index in [1.165, 1.54) is 5.56 Å². The molecule has 0 fully saturated rings. The molecule has 0 aromatic heterocycles. The Balaban J connectivity index is 1.95. The van der Waals surface area contributed by atoms with E-state index in [1.54, 1.807) is 20.3 Å². The lowest BCUT2D eigenvalue weighted by molar-refractivity contribution is 0.228. The van der Waals surface area contributed by atoms with Crippen molar-refractivity contribution >= 4 is 0 Å². The maximum absolute atomic E-state index is 10.2. The van der Waals surface area contributed by atoms with Crippen molar-refractivity contribution in [1.82, 2.24) is 4.90 Å². The van der Waals surface area contributed by atoms with E-state index in [-0.39, 0.29) is 17.5 Å². The Bertz CT molecular complexity index is 744. The van der Waals surface area contributed by atoms with Gasteiger partial charge >= 0.3 is 0 Å². The molecule has 0 saturated carbocycles. The number of phenols is 2. The molecule has 0 saturated heterocycles. The first-order valence-electron chi connectivity index (χ1n) is 7.99. The molecular formula is C19H23NO4. The van der Waals surface area contributed by atoms with Gasteiger partial charge in [-0.15, -0.1) is 0 Å². The van der Waals surface area contributed by atoms with E-state index in [0.717, 1.165) is 30.5 Å². The fraction of sp³-hybridized carbons (Fsp3) is 0.368. The minimum atomic E-state index is 0.140. The fourth-order valence-electron chi connectivity index (χ4n) is 3.34. The molecule has 1 unspecified atom stereocenters. The Morgan fingerprint density at radius 2 is 1.79 bits per heavy atom. The van der Waals surface area contributed by atoms with Gasteiger partial charge in [-0.05, 0) is 60.8 Å². The summed E-state index contributed by atoms with van der Waals surface area (Å²) in [6, 6.07) is 9.32. The summed E-state index contributed by atoms with van der Waals surface area (Å²) >= 11 is 0. The zero-order chi connectivity index (χ0) is 17.3. The molecule has 0 amide bonds. The van der Waals surface area contributed by atoms with E-state index >= 15 is 0 Å². The summed E-state index contributed by atoms with van der Waals surface area (Å²) in [6.07, 6.45) is 1.70. The molecule has 0 bridgehead atoms. The molecule has 128 valence electrons. The van der Waals surface area contributed by atoms with E-state index < -0.39 is 0 Å². The number of likely N-dealkylation sites (N-methyl/N-ethyl adjacent to an activating group) is 1. The maximum atomic E-state index is 10.2. The summed E-state index contributed by atoms with van der Waals surface area (Å²) in [5.74, 6) is 1.30. The Kier molecular flexibility index (Phi) is 4.53. The monoisotopic (exact) mass is 331 g/mol. The van der Waals surface area contributed by atoms with Crippen LogP contribution >= 0.6 is 0 Å². The summed E-state index contributed by atoms with van der Waals surface area (Å²) in [4.78, 5) is 2.29. The lowest BCUT2D eigenvalue weighted by Crippen LogP contribution is -2.33. The van der Waals surface area contributed by atoms with Gasteiger partial charge in [0.25, 0.3) is 0 Å². The topological polar surface area (TPSA) is 62.2 Å². The van der Waals surface area contributed by atoms with Gasteiger partial charge in [-0.1, -0.05) is 6.07 Å². The van der Waals surface area contributed by atoms with Crippen LogP contribution < -0.4 is 9.47 Å². The van der Waals surface area contributed by atoms with E-state index in [1.807, 2.05) is 24.3 Å². The minimum absolute atomic E-state index is 0.140. The Morgan fingerprint density at radius 3 is 2.50 bits per heavy atom. The highest BCUT2D eigenvalue weighted by atomic mass is 16.5. The lowest BCUT2D eigenvalue weighted by atomic mass is 9.92. The molecule has 5 heteroatoms. The second-order valence-electron chi connectivity index (χ2n) is 6.18. The van der Waals surface area contributed by atoms with Gasteiger partial charge < -0.3 is 19.7 Å². The third-order valence-corrected chi connectivity index (χ3v) is 4.74. The number of nitrogens with zero attached hydrogens (tertiary/aromatic N) is 1. The molecule has 1 aliphatic rings. The van der Waals surface area contributed by atoms with E-state index in [9.17, 15) is 10.2 Å². The van der Waals surface area contributed by atoms with Crippen LogP contribution in [0.4, 0.5) is 0 Å². The van der Waals surface area contributed by atoms with Crippen LogP contribution in [0, 0.1) is 0 Å². The molecule has 5 nitrogen and oxygen atoms in total. The average Bonchev–Trinajstić information content (AvgIpc) is 2.58. The quantitative estimate of drug-likeness (QED) is 0.902. The predicted molar refractivity (Wildman–Crippen MR) is 92.1 cm³/mol. The van der Waals surface area contributed by atoms with Crippen LogP contribution in [0.15, 0.2) is 30.3 Å². The van der Waals surface area contributed by atoms with E-state index in [2.05, 4.69) is 11.9 Å². The van der Waals surface area contributed by atoms with Gasteiger partial charge in [0.1, 0.15) is 0 Å². The summed E-state index contributed by atoms with van der Waals surface area (Å²) in [7, 11) is 5.20. The molecule has 0 spiro atoms. The number of fused-ring (bicyclic) bond motifs is 1. The van der Waals surface area contributed by atoms with Crippen molar-refractivity contribution in [2.75, 3.05) is 27.8 Å². The van der Waals surface area contributed by atoms with Crippen molar-refractivity contribution in [1.29, 1.82) is 0 Å². The zero-order valence-electron chi connectivity index (χ0n) is 14.2. The van der Waals surface area contributed by atoms with Crippen LogP contribution in [0.3, 0.4) is 0 Å². The molecule has 2 aromatic carbocycles. The van der Waals surface area contributed by atoms with Crippen molar-refractivity contribution < 1.29 is 19.7 Å². The van der Waals surface area contributed by atoms with Gasteiger partial charge in [-0.25, -0.2) is 0 Å². The summed E-state index contributed by atoms with van der Waals surface area (Å²) < 4.78 is 10.4. The normalized spacial score (nSPS) is 17.4. The third-order valence-electron chi connectivity index (χ3n) is 4.74. The Morgan fingerprint density at radius 1 is 1.08 bits per heavy atom. The minimum Gasteiger partial charge on any atom is -0.504 e. The maximum Gasteiger partial charge on any atom is 0.160 e. The van der Waals surface area contributed by atoms with Crippen LogP contribution in [-0.4, -0.2) is 42.9 Å². The number of methoxy groups -OCH3 is 2. The highest BCUT2D eigenvalue weighted by molar-refractivity contribution is 5.49. The summed E-state index contributed by atoms with van der Waals surface area (Å²) in [6.45, 7) is 0.945. The molecule has 0 radical (unpaired) electrons. The van der Waals surface area contributed by atoms with Crippen molar-refractivity contribution in [3.05, 3.63) is 47.0 Å². The first-order chi connectivity index (χ1) is 11.5. The highest BCUT2D eigenvalue weighted by Crippen LogP contribution is 2.39. The van der Waals surface area contributed by atoms with Crippen molar-refractivity contribution in [2.45, 2.75) is 18.9 Å². The van der Waals surface area contributed by atoms with Crippen molar-refractivity contribution in [3.63, 3.8) is 0 Å². The second kappa shape index (κ2) is 6.61. The standard InChI is InChI=1S/C19H23NO4/c1-20-7-6-13-10-19(24-3)17(22)11-14(13)15(20)8-12-4-5-16(21)18(9-12)23-2/h4-5,9-11,15,21-22H,6-8H2,1-3H3/i7+2. The number of hydrogen-bond acceptors (Lipinski definition) is 5. The lowest BCUT2D eigenvalue weighted by Gasteiger charge is -2.35. The predicted octanol–water partition coefficient (Wildman–Crippen LogP) is 2.89. The molecule has 24 heavy (non-hydrogen) atoms. The van der Waals surface area contributed by atoms with Crippen LogP contribution in [0.2, 0.25) is 0 Å². The van der Waals surface area contributed by atoms with Gasteiger partial charge in [0.15, 0.2) is 23.0 Å². The van der Waals surface area contributed by atoms with Crippen molar-refractivity contribution in [2.24, 2.45) is 0 Å². The smallest absolute Gasteiger partial charge is 0.160 e. The van der Waals surface area contributed by atoms with Gasteiger partial charge in [-0.2, -0.15) is 0 Å². The largest absolute Gasteiger partial charge is 0.504 e. The van der Waals surface area contributed by atoms with E-state index in [4.69, 9.17) is 9.47 Å². The summed E-state index contributed by atoms with van der Waals surface area (Å²) in [5, 5.41) is 19.9. The molecule has 2 aromatic rings. The number of hydrogen-bond donors (Lipinski definition) is 2. The first kappa shape index (κ1) is 16.5. The number of aromatic hydroxyl groups is 2. The van der Waals surface area contributed by atoms with Gasteiger partial charge in [0.2, 0.25) is 0 Å². The van der Waals surface area contributed by atoms with E-state index in [0.29, 0.717) is 11.5 Å². The number of rotatable bonds is 4. The number of ether oxygens (including phenoxy) is 2. The third kappa shape index (κ3) is 2.99. The van der Waals surface area contributed by atoms with Crippen LogP contribution in [0.1, 0.15) is 22.7 Å². The van der Waals surface area contributed by atoms with Crippen LogP contribution in [-0.2, 0) is 12.8 Å². The molecule has 1 heterocycles. The molecular weight excluding hydrogens is 308 g/mol. The molecule has 3 rings (SSSR count). The van der Waals surface area contributed by atoms with Crippen LogP contribution in [0.25, 0.3) is 0 Å². The number of phenolic OH excluding ortho intramolecular Hbond substituents is 2. The molecule has 1 atom stereocenters. The first-order valence-corrected chi connectivity index (χ1v) is 7.99. The Labute approximate surface area is 142 Å². The second-order valence-corrected chi connectivity index (χ2v) is 6.18. The summed E-state index contributed by atoms with van der Waals surface area (Å²) in [5.41, 5.74) is 3.40. The zero-order valence-corrected chi connectivity index (χ0v) is 14.2. The fourth-order valence-corrected chi connectivity index (χ4v) is 3.34. The van der Waals surface area contributed by atoms with Crippen molar-refractivity contribution in [3.8, 4) is 23.0 Å². The molecule has 1 aliphatic heterocycles. The molecule has 0 aliphatic carbocycles. The Hall–Kier alpha value is -2.40. The average molecular weight is 331 g/mol. The van der Waals surface area contributed by atoms with Gasteiger partial charge in [0, 0.05) is 12.6 Å². The van der Waals surface area contributed by atoms with Gasteiger partial charge in [0.05, 0.1) is 14.2 Å². The SMILES string of the molecule is COc1cc(CC2c3cc(O)c(OC)cc3C[14CH2]N2C)ccc1O. The highest BCUT2D eigenvalue weighted by Gasteiger charge is 2.27.